The summed E-state index contributed by atoms with van der Waals surface area (Å²) in [5.41, 5.74) is 0.756. The summed E-state index contributed by atoms with van der Waals surface area (Å²) in [4.78, 5) is 0.345. The Morgan fingerprint density at radius 2 is 2.00 bits per heavy atom. The van der Waals surface area contributed by atoms with Gasteiger partial charge in [-0.2, -0.15) is 0 Å². The van der Waals surface area contributed by atoms with Crippen LogP contribution in [0.5, 0.6) is 0 Å². The number of sulfonamides is 1. The average Bonchev–Trinajstić information content (AvgIpc) is 2.17. The van der Waals surface area contributed by atoms with Crippen molar-refractivity contribution in [2.45, 2.75) is 24.8 Å². The van der Waals surface area contributed by atoms with Crippen molar-refractivity contribution in [1.82, 2.24) is 4.72 Å². The molecule has 0 saturated carbocycles. The Balaban J connectivity index is 3.02. The lowest BCUT2D eigenvalue weighted by Crippen LogP contribution is -2.33. The van der Waals surface area contributed by atoms with E-state index in [2.05, 4.69) is 20.7 Å². The van der Waals surface area contributed by atoms with Crippen LogP contribution in [0.25, 0.3) is 0 Å². The summed E-state index contributed by atoms with van der Waals surface area (Å²) in [6.45, 7) is 3.60. The zero-order valence-electron chi connectivity index (χ0n) is 8.70. The van der Waals surface area contributed by atoms with Gasteiger partial charge in [0.25, 0.3) is 0 Å². The molecule has 0 saturated heterocycles. The summed E-state index contributed by atoms with van der Waals surface area (Å²) in [5.74, 6) is 0. The van der Waals surface area contributed by atoms with Crippen molar-refractivity contribution in [2.75, 3.05) is 5.33 Å². The van der Waals surface area contributed by atoms with Gasteiger partial charge in [0.1, 0.15) is 0 Å². The first-order chi connectivity index (χ1) is 6.97. The molecule has 0 radical (unpaired) electrons. The molecule has 1 aromatic rings. The van der Waals surface area contributed by atoms with E-state index in [1.807, 2.05) is 13.0 Å². The van der Waals surface area contributed by atoms with Gasteiger partial charge in [0.2, 0.25) is 10.0 Å². The lowest BCUT2D eigenvalue weighted by Gasteiger charge is -2.12. The highest BCUT2D eigenvalue weighted by Crippen LogP contribution is 2.14. The first kappa shape index (κ1) is 12.7. The van der Waals surface area contributed by atoms with Crippen molar-refractivity contribution < 1.29 is 8.42 Å². The van der Waals surface area contributed by atoms with E-state index >= 15 is 0 Å². The Bertz CT molecular complexity index is 431. The number of hydrogen-bond acceptors (Lipinski definition) is 2. The van der Waals surface area contributed by atoms with Gasteiger partial charge in [-0.3, -0.25) is 0 Å². The maximum Gasteiger partial charge on any atom is 0.241 e. The number of rotatable bonds is 4. The summed E-state index contributed by atoms with van der Waals surface area (Å²) in [6.07, 6.45) is 0. The van der Waals surface area contributed by atoms with Crippen molar-refractivity contribution in [3.8, 4) is 0 Å². The van der Waals surface area contributed by atoms with Gasteiger partial charge in [-0.15, -0.1) is 0 Å². The third-order valence-electron chi connectivity index (χ3n) is 1.97. The van der Waals surface area contributed by atoms with Gasteiger partial charge in [-0.05, 0) is 25.5 Å². The maximum atomic E-state index is 11.9. The van der Waals surface area contributed by atoms with E-state index in [0.29, 0.717) is 10.2 Å². The molecule has 0 aromatic heterocycles. The van der Waals surface area contributed by atoms with Crippen molar-refractivity contribution in [3.63, 3.8) is 0 Å². The number of halogens is 1. The van der Waals surface area contributed by atoms with Crippen molar-refractivity contribution in [1.29, 1.82) is 0 Å². The molecule has 0 aliphatic carbocycles. The molecule has 1 unspecified atom stereocenters. The molecule has 84 valence electrons. The van der Waals surface area contributed by atoms with Crippen LogP contribution in [0.2, 0.25) is 0 Å². The molecule has 0 spiro atoms. The van der Waals surface area contributed by atoms with Crippen LogP contribution in [0.1, 0.15) is 12.5 Å². The van der Waals surface area contributed by atoms with E-state index in [0.717, 1.165) is 5.56 Å². The molecule has 0 aliphatic rings. The predicted molar refractivity (Wildman–Crippen MR) is 64.8 cm³/mol. The molecule has 1 rings (SSSR count). The second kappa shape index (κ2) is 5.09. The molecule has 1 aromatic carbocycles. The fourth-order valence-corrected chi connectivity index (χ4v) is 3.08. The number of alkyl halides is 1. The average molecular weight is 292 g/mol. The molecule has 1 N–H and O–H groups in total. The zero-order valence-corrected chi connectivity index (χ0v) is 11.1. The molecule has 3 nitrogen and oxygen atoms in total. The summed E-state index contributed by atoms with van der Waals surface area (Å²) in [5, 5.41) is 0.595. The van der Waals surface area contributed by atoms with Gasteiger partial charge in [-0.1, -0.05) is 34.1 Å². The van der Waals surface area contributed by atoms with E-state index in [9.17, 15) is 8.42 Å². The van der Waals surface area contributed by atoms with Crippen LogP contribution in [0, 0.1) is 6.92 Å². The molecule has 0 aliphatic heterocycles. The molecule has 0 bridgehead atoms. The Morgan fingerprint density at radius 1 is 1.40 bits per heavy atom. The second-order valence-electron chi connectivity index (χ2n) is 3.44. The van der Waals surface area contributed by atoms with Crippen LogP contribution >= 0.6 is 15.9 Å². The van der Waals surface area contributed by atoms with Crippen molar-refractivity contribution in [2.24, 2.45) is 0 Å². The fourth-order valence-electron chi connectivity index (χ4n) is 1.22. The lowest BCUT2D eigenvalue weighted by molar-refractivity contribution is 0.571. The van der Waals surface area contributed by atoms with E-state index in [4.69, 9.17) is 0 Å². The first-order valence-corrected chi connectivity index (χ1v) is 7.22. The third-order valence-corrected chi connectivity index (χ3v) is 4.69. The summed E-state index contributed by atoms with van der Waals surface area (Å²) in [7, 11) is -3.38. The normalized spacial score (nSPS) is 13.8. The molecule has 0 fully saturated rings. The van der Waals surface area contributed by atoms with Gasteiger partial charge in [0.05, 0.1) is 4.90 Å². The Hall–Kier alpha value is -0.390. The van der Waals surface area contributed by atoms with Crippen LogP contribution in [0.4, 0.5) is 0 Å². The molecule has 5 heteroatoms. The van der Waals surface area contributed by atoms with Gasteiger partial charge in [0.15, 0.2) is 0 Å². The van der Waals surface area contributed by atoms with Gasteiger partial charge >= 0.3 is 0 Å². The quantitative estimate of drug-likeness (QED) is 0.863. The van der Waals surface area contributed by atoms with Gasteiger partial charge < -0.3 is 0 Å². The van der Waals surface area contributed by atoms with E-state index < -0.39 is 10.0 Å². The first-order valence-electron chi connectivity index (χ1n) is 4.61. The number of nitrogens with one attached hydrogen (secondary N) is 1. The summed E-state index contributed by atoms with van der Waals surface area (Å²) >= 11 is 3.23. The molecule has 0 amide bonds. The van der Waals surface area contributed by atoms with Gasteiger partial charge in [-0.25, -0.2) is 13.1 Å². The fraction of sp³-hybridized carbons (Fsp3) is 0.400. The highest BCUT2D eigenvalue weighted by Gasteiger charge is 2.18. The molecular formula is C10H14BrNO2S. The monoisotopic (exact) mass is 291 g/mol. The van der Waals surface area contributed by atoms with Crippen molar-refractivity contribution in [3.05, 3.63) is 29.8 Å². The van der Waals surface area contributed by atoms with Crippen LogP contribution in [0.15, 0.2) is 29.2 Å². The van der Waals surface area contributed by atoms with E-state index in [1.54, 1.807) is 25.1 Å². The third kappa shape index (κ3) is 3.29. The SMILES string of the molecule is Cc1ccccc1S(=O)(=O)NC(C)CBr. The number of benzene rings is 1. The highest BCUT2D eigenvalue weighted by atomic mass is 79.9. The molecule has 1 atom stereocenters. The minimum atomic E-state index is -3.38. The maximum absolute atomic E-state index is 11.9. The number of hydrogen-bond donors (Lipinski definition) is 1. The highest BCUT2D eigenvalue weighted by molar-refractivity contribution is 9.09. The van der Waals surface area contributed by atoms with Gasteiger partial charge in [0, 0.05) is 11.4 Å². The number of aryl methyl sites for hydroxylation is 1. The Morgan fingerprint density at radius 3 is 2.53 bits per heavy atom. The van der Waals surface area contributed by atoms with E-state index in [1.165, 1.54) is 0 Å². The van der Waals surface area contributed by atoms with Crippen molar-refractivity contribution >= 4 is 26.0 Å². The molecular weight excluding hydrogens is 278 g/mol. The smallest absolute Gasteiger partial charge is 0.208 e. The largest absolute Gasteiger partial charge is 0.241 e. The topological polar surface area (TPSA) is 46.2 Å². The minimum absolute atomic E-state index is 0.116. The summed E-state index contributed by atoms with van der Waals surface area (Å²) < 4.78 is 26.4. The van der Waals surface area contributed by atoms with Crippen LogP contribution in [-0.2, 0) is 10.0 Å². The minimum Gasteiger partial charge on any atom is -0.208 e. The Kier molecular flexibility index (Phi) is 4.31. The zero-order chi connectivity index (χ0) is 11.5. The Labute approximate surface area is 99.1 Å². The van der Waals surface area contributed by atoms with Crippen LogP contribution < -0.4 is 4.72 Å². The van der Waals surface area contributed by atoms with Crippen LogP contribution in [0.3, 0.4) is 0 Å². The standard InChI is InChI=1S/C10H14BrNO2S/c1-8-5-3-4-6-10(8)15(13,14)12-9(2)7-11/h3-6,9,12H,7H2,1-2H3. The molecule has 15 heavy (non-hydrogen) atoms. The van der Waals surface area contributed by atoms with E-state index in [-0.39, 0.29) is 6.04 Å². The second-order valence-corrected chi connectivity index (χ2v) is 5.77. The molecule has 0 heterocycles. The van der Waals surface area contributed by atoms with Crippen LogP contribution in [-0.4, -0.2) is 19.8 Å². The predicted octanol–water partition coefficient (Wildman–Crippen LogP) is 2.06. The summed E-state index contributed by atoms with van der Waals surface area (Å²) in [6, 6.07) is 6.82. The lowest BCUT2D eigenvalue weighted by atomic mass is 10.2.